The summed E-state index contributed by atoms with van der Waals surface area (Å²) in [6, 6.07) is 3.30. The number of halogens is 1. The van der Waals surface area contributed by atoms with Crippen LogP contribution in [0.1, 0.15) is 24.0 Å². The summed E-state index contributed by atoms with van der Waals surface area (Å²) in [4.78, 5) is 0. The van der Waals surface area contributed by atoms with Crippen LogP contribution in [0.25, 0.3) is 0 Å². The fourth-order valence-electron chi connectivity index (χ4n) is 1.57. The van der Waals surface area contributed by atoms with Gasteiger partial charge in [-0.25, -0.2) is 4.39 Å². The number of rotatable bonds is 5. The molecule has 0 fully saturated rings. The van der Waals surface area contributed by atoms with Gasteiger partial charge in [0.25, 0.3) is 0 Å². The number of hydrogen-bond donors (Lipinski definition) is 1. The van der Waals surface area contributed by atoms with E-state index in [1.54, 1.807) is 14.0 Å². The first-order valence-corrected chi connectivity index (χ1v) is 5.22. The van der Waals surface area contributed by atoms with Gasteiger partial charge < -0.3 is 10.5 Å². The quantitative estimate of drug-likeness (QED) is 0.759. The second-order valence-electron chi connectivity index (χ2n) is 3.66. The summed E-state index contributed by atoms with van der Waals surface area (Å²) in [7, 11) is 1.57. The van der Waals surface area contributed by atoms with Gasteiger partial charge in [-0.3, -0.25) is 0 Å². The van der Waals surface area contributed by atoms with E-state index in [9.17, 15) is 4.39 Å². The maximum Gasteiger partial charge on any atom is 0.129 e. The van der Waals surface area contributed by atoms with E-state index in [0.717, 1.165) is 24.8 Å². The Bertz CT molecular complexity index is 326. The van der Waals surface area contributed by atoms with E-state index in [0.29, 0.717) is 17.9 Å². The van der Waals surface area contributed by atoms with Crippen LogP contribution >= 0.6 is 0 Å². The SMILES string of the molecule is COc1cc(F)c(C)cc1CCCCN. The van der Waals surface area contributed by atoms with Gasteiger partial charge in [0.15, 0.2) is 0 Å². The van der Waals surface area contributed by atoms with Gasteiger partial charge in [0.2, 0.25) is 0 Å². The zero-order valence-electron chi connectivity index (χ0n) is 9.35. The smallest absolute Gasteiger partial charge is 0.129 e. The molecule has 0 aromatic heterocycles. The molecule has 2 nitrogen and oxygen atoms in total. The molecule has 0 aliphatic carbocycles. The molecule has 1 aromatic carbocycles. The van der Waals surface area contributed by atoms with Crippen LogP contribution in [-0.2, 0) is 6.42 Å². The van der Waals surface area contributed by atoms with E-state index in [-0.39, 0.29) is 5.82 Å². The van der Waals surface area contributed by atoms with Gasteiger partial charge in [0.1, 0.15) is 11.6 Å². The van der Waals surface area contributed by atoms with Gasteiger partial charge in [-0.1, -0.05) is 0 Å². The summed E-state index contributed by atoms with van der Waals surface area (Å²) in [5.41, 5.74) is 7.15. The Balaban J connectivity index is 2.80. The molecule has 0 heterocycles. The van der Waals surface area contributed by atoms with Crippen molar-refractivity contribution in [3.63, 3.8) is 0 Å². The molecule has 0 atom stereocenters. The van der Waals surface area contributed by atoms with Crippen LogP contribution in [0, 0.1) is 12.7 Å². The maximum atomic E-state index is 13.2. The molecule has 0 saturated heterocycles. The van der Waals surface area contributed by atoms with Crippen LogP contribution < -0.4 is 10.5 Å². The van der Waals surface area contributed by atoms with Gasteiger partial charge in [0, 0.05) is 6.07 Å². The molecular formula is C12H18FNO. The zero-order chi connectivity index (χ0) is 11.3. The lowest BCUT2D eigenvalue weighted by molar-refractivity contribution is 0.405. The molecule has 15 heavy (non-hydrogen) atoms. The monoisotopic (exact) mass is 211 g/mol. The first-order chi connectivity index (χ1) is 7.19. The molecule has 3 heteroatoms. The van der Waals surface area contributed by atoms with E-state index in [2.05, 4.69) is 0 Å². The zero-order valence-corrected chi connectivity index (χ0v) is 9.35. The van der Waals surface area contributed by atoms with Gasteiger partial charge >= 0.3 is 0 Å². The minimum absolute atomic E-state index is 0.213. The fourth-order valence-corrected chi connectivity index (χ4v) is 1.57. The molecule has 0 unspecified atom stereocenters. The lowest BCUT2D eigenvalue weighted by Crippen LogP contribution is -2.00. The van der Waals surface area contributed by atoms with Crippen LogP contribution in [0.2, 0.25) is 0 Å². The van der Waals surface area contributed by atoms with E-state index in [1.807, 2.05) is 6.07 Å². The summed E-state index contributed by atoms with van der Waals surface area (Å²) in [5.74, 6) is 0.421. The Morgan fingerprint density at radius 2 is 2.07 bits per heavy atom. The van der Waals surface area contributed by atoms with Gasteiger partial charge in [-0.15, -0.1) is 0 Å². The average Bonchev–Trinajstić information content (AvgIpc) is 2.23. The standard InChI is InChI=1S/C12H18FNO/c1-9-7-10(5-3-4-6-14)12(15-2)8-11(9)13/h7-8H,3-6,14H2,1-2H3. The van der Waals surface area contributed by atoms with Gasteiger partial charge in [0.05, 0.1) is 7.11 Å². The van der Waals surface area contributed by atoms with E-state index in [1.165, 1.54) is 6.07 Å². The minimum Gasteiger partial charge on any atom is -0.496 e. The molecule has 0 amide bonds. The molecule has 0 spiro atoms. The minimum atomic E-state index is -0.213. The highest BCUT2D eigenvalue weighted by Crippen LogP contribution is 2.23. The highest BCUT2D eigenvalue weighted by atomic mass is 19.1. The van der Waals surface area contributed by atoms with Crippen molar-refractivity contribution >= 4 is 0 Å². The van der Waals surface area contributed by atoms with Crippen molar-refractivity contribution in [2.45, 2.75) is 26.2 Å². The Labute approximate surface area is 90.2 Å². The van der Waals surface area contributed by atoms with Crippen molar-refractivity contribution < 1.29 is 9.13 Å². The Kier molecular flexibility index (Phi) is 4.56. The van der Waals surface area contributed by atoms with Crippen molar-refractivity contribution in [3.05, 3.63) is 29.1 Å². The van der Waals surface area contributed by atoms with Crippen LogP contribution in [-0.4, -0.2) is 13.7 Å². The third-order valence-electron chi connectivity index (χ3n) is 2.46. The molecule has 2 N–H and O–H groups in total. The van der Waals surface area contributed by atoms with Crippen molar-refractivity contribution in [2.75, 3.05) is 13.7 Å². The van der Waals surface area contributed by atoms with Crippen molar-refractivity contribution in [2.24, 2.45) is 5.73 Å². The number of nitrogens with two attached hydrogens (primary N) is 1. The molecule has 1 aromatic rings. The largest absolute Gasteiger partial charge is 0.496 e. The molecule has 1 rings (SSSR count). The molecule has 0 saturated carbocycles. The number of unbranched alkanes of at least 4 members (excludes halogenated alkanes) is 1. The van der Waals surface area contributed by atoms with Crippen molar-refractivity contribution in [1.82, 2.24) is 0 Å². The first kappa shape index (κ1) is 12.0. The maximum absolute atomic E-state index is 13.2. The molecule has 0 aliphatic rings. The van der Waals surface area contributed by atoms with E-state index >= 15 is 0 Å². The third-order valence-corrected chi connectivity index (χ3v) is 2.46. The van der Waals surface area contributed by atoms with Crippen LogP contribution in [0.15, 0.2) is 12.1 Å². The summed E-state index contributed by atoms with van der Waals surface area (Å²) in [5, 5.41) is 0. The predicted octanol–water partition coefficient (Wildman–Crippen LogP) is 2.42. The van der Waals surface area contributed by atoms with Crippen LogP contribution in [0.4, 0.5) is 4.39 Å². The molecular weight excluding hydrogens is 193 g/mol. The summed E-state index contributed by atoms with van der Waals surface area (Å²) in [6.45, 7) is 2.46. The Morgan fingerprint density at radius 3 is 2.67 bits per heavy atom. The number of methoxy groups -OCH3 is 1. The average molecular weight is 211 g/mol. The molecule has 0 radical (unpaired) electrons. The highest BCUT2D eigenvalue weighted by Gasteiger charge is 2.07. The fraction of sp³-hybridized carbons (Fsp3) is 0.500. The van der Waals surface area contributed by atoms with Crippen molar-refractivity contribution in [3.8, 4) is 5.75 Å². The lowest BCUT2D eigenvalue weighted by Gasteiger charge is -2.10. The number of aryl methyl sites for hydroxylation is 2. The first-order valence-electron chi connectivity index (χ1n) is 5.22. The second-order valence-corrected chi connectivity index (χ2v) is 3.66. The Morgan fingerprint density at radius 1 is 1.33 bits per heavy atom. The Hall–Kier alpha value is -1.09. The van der Waals surface area contributed by atoms with Gasteiger partial charge in [-0.2, -0.15) is 0 Å². The lowest BCUT2D eigenvalue weighted by atomic mass is 10.0. The third kappa shape index (κ3) is 3.20. The summed E-state index contributed by atoms with van der Waals surface area (Å²) in [6.07, 6.45) is 2.89. The number of benzene rings is 1. The van der Waals surface area contributed by atoms with E-state index in [4.69, 9.17) is 10.5 Å². The predicted molar refractivity (Wildman–Crippen MR) is 59.7 cm³/mol. The molecule has 0 aliphatic heterocycles. The number of hydrogen-bond acceptors (Lipinski definition) is 2. The normalized spacial score (nSPS) is 10.4. The van der Waals surface area contributed by atoms with Crippen molar-refractivity contribution in [1.29, 1.82) is 0 Å². The molecule has 0 bridgehead atoms. The summed E-state index contributed by atoms with van der Waals surface area (Å²) >= 11 is 0. The topological polar surface area (TPSA) is 35.2 Å². The molecule has 84 valence electrons. The highest BCUT2D eigenvalue weighted by molar-refractivity contribution is 5.37. The van der Waals surface area contributed by atoms with Crippen LogP contribution in [0.5, 0.6) is 5.75 Å². The summed E-state index contributed by atoms with van der Waals surface area (Å²) < 4.78 is 18.4. The number of ether oxygens (including phenoxy) is 1. The van der Waals surface area contributed by atoms with Crippen LogP contribution in [0.3, 0.4) is 0 Å². The second kappa shape index (κ2) is 5.71. The van der Waals surface area contributed by atoms with E-state index < -0.39 is 0 Å². The van der Waals surface area contributed by atoms with Gasteiger partial charge in [-0.05, 0) is 49.9 Å².